The minimum atomic E-state index is -3.44. The Morgan fingerprint density at radius 2 is 1.44 bits per heavy atom. The predicted octanol–water partition coefficient (Wildman–Crippen LogP) is 0.482. The molecule has 3 fully saturated rings. The zero-order valence-corrected chi connectivity index (χ0v) is 16.8. The van der Waals surface area contributed by atoms with Crippen LogP contribution in [0.1, 0.15) is 38.5 Å². The molecule has 0 bridgehead atoms. The molecule has 0 aliphatic carbocycles. The zero-order valence-electron chi connectivity index (χ0n) is 16.0. The molecule has 3 heterocycles. The lowest BCUT2D eigenvalue weighted by Crippen LogP contribution is -2.53. The summed E-state index contributed by atoms with van der Waals surface area (Å²) in [6.45, 7) is 3.28. The van der Waals surface area contributed by atoms with Crippen molar-refractivity contribution < 1.29 is 22.7 Å². The third-order valence-corrected chi connectivity index (χ3v) is 7.72. The van der Waals surface area contributed by atoms with Crippen molar-refractivity contribution >= 4 is 22.2 Å². The molecule has 154 valence electrons. The highest BCUT2D eigenvalue weighted by molar-refractivity contribution is 7.86. The quantitative estimate of drug-likeness (QED) is 0.685. The van der Waals surface area contributed by atoms with E-state index < -0.39 is 22.3 Å². The van der Waals surface area contributed by atoms with Crippen molar-refractivity contribution in [3.8, 4) is 0 Å². The Bertz CT molecular complexity index is 650. The third kappa shape index (κ3) is 4.38. The minimum Gasteiger partial charge on any atom is -0.453 e. The van der Waals surface area contributed by atoms with Crippen LogP contribution in [0.4, 0.5) is 4.79 Å². The number of nitrogens with zero attached hydrogens (tertiary/aromatic N) is 4. The number of likely N-dealkylation sites (tertiary alicyclic amines) is 1. The maximum atomic E-state index is 13.0. The Morgan fingerprint density at radius 1 is 0.815 bits per heavy atom. The largest absolute Gasteiger partial charge is 0.453 e. The van der Waals surface area contributed by atoms with E-state index in [0.29, 0.717) is 58.7 Å². The van der Waals surface area contributed by atoms with Gasteiger partial charge in [-0.25, -0.2) is 4.79 Å². The summed E-state index contributed by atoms with van der Waals surface area (Å²) in [6.07, 6.45) is 4.32. The molecule has 1 unspecified atom stereocenters. The van der Waals surface area contributed by atoms with Crippen molar-refractivity contribution in [1.29, 1.82) is 0 Å². The minimum absolute atomic E-state index is 0.0967. The highest BCUT2D eigenvalue weighted by Gasteiger charge is 2.38. The zero-order chi connectivity index (χ0) is 19.4. The molecule has 9 nitrogen and oxygen atoms in total. The third-order valence-electron chi connectivity index (χ3n) is 5.68. The van der Waals surface area contributed by atoms with Gasteiger partial charge in [0, 0.05) is 45.8 Å². The van der Waals surface area contributed by atoms with Crippen LogP contribution in [0, 0.1) is 0 Å². The summed E-state index contributed by atoms with van der Waals surface area (Å²) in [6, 6.07) is -0.507. The van der Waals surface area contributed by atoms with E-state index in [0.717, 1.165) is 25.7 Å². The van der Waals surface area contributed by atoms with Crippen LogP contribution in [0.25, 0.3) is 0 Å². The van der Waals surface area contributed by atoms with Crippen LogP contribution in [0.15, 0.2) is 0 Å². The summed E-state index contributed by atoms with van der Waals surface area (Å²) >= 11 is 0. The Labute approximate surface area is 161 Å². The lowest BCUT2D eigenvalue weighted by molar-refractivity contribution is -0.137. The van der Waals surface area contributed by atoms with Crippen LogP contribution >= 0.6 is 0 Å². The summed E-state index contributed by atoms with van der Waals surface area (Å²) in [7, 11) is -2.12. The molecule has 0 radical (unpaired) electrons. The van der Waals surface area contributed by atoms with E-state index in [4.69, 9.17) is 4.74 Å². The molecular weight excluding hydrogens is 372 g/mol. The van der Waals surface area contributed by atoms with Crippen LogP contribution in [0.3, 0.4) is 0 Å². The highest BCUT2D eigenvalue weighted by atomic mass is 32.2. The van der Waals surface area contributed by atoms with Gasteiger partial charge in [0.25, 0.3) is 10.2 Å². The van der Waals surface area contributed by atoms with Crippen molar-refractivity contribution in [2.24, 2.45) is 0 Å². The van der Waals surface area contributed by atoms with Crippen molar-refractivity contribution in [3.05, 3.63) is 0 Å². The topological polar surface area (TPSA) is 90.5 Å². The number of rotatable bonds is 3. The van der Waals surface area contributed by atoms with Gasteiger partial charge in [-0.05, 0) is 38.5 Å². The Morgan fingerprint density at radius 3 is 2.15 bits per heavy atom. The van der Waals surface area contributed by atoms with Gasteiger partial charge >= 0.3 is 6.09 Å². The van der Waals surface area contributed by atoms with Crippen molar-refractivity contribution in [1.82, 2.24) is 18.4 Å². The van der Waals surface area contributed by atoms with E-state index in [-0.39, 0.29) is 5.91 Å². The molecule has 3 saturated heterocycles. The average Bonchev–Trinajstić information content (AvgIpc) is 3.12. The fourth-order valence-corrected chi connectivity index (χ4v) is 5.88. The molecule has 27 heavy (non-hydrogen) atoms. The Hall–Kier alpha value is -1.39. The van der Waals surface area contributed by atoms with Gasteiger partial charge in [-0.15, -0.1) is 0 Å². The summed E-state index contributed by atoms with van der Waals surface area (Å²) in [5.74, 6) is -0.0967. The number of ether oxygens (including phenoxy) is 1. The van der Waals surface area contributed by atoms with Gasteiger partial charge < -0.3 is 9.64 Å². The second-order valence-electron chi connectivity index (χ2n) is 7.37. The van der Waals surface area contributed by atoms with Gasteiger partial charge in [-0.3, -0.25) is 9.69 Å². The molecule has 0 aromatic rings. The summed E-state index contributed by atoms with van der Waals surface area (Å²) in [4.78, 5) is 28.3. The maximum Gasteiger partial charge on any atom is 0.410 e. The molecule has 0 aromatic heterocycles. The first kappa shape index (κ1) is 20.3. The Kier molecular flexibility index (Phi) is 6.59. The number of hydrogen-bond donors (Lipinski definition) is 0. The first-order valence-electron chi connectivity index (χ1n) is 9.84. The van der Waals surface area contributed by atoms with Crippen molar-refractivity contribution in [2.75, 3.05) is 52.9 Å². The SMILES string of the molecule is COC(=O)N1CCCCC1C(=O)N1CCCN(S(=O)(=O)N2CCCC2)CC1. The molecule has 0 saturated carbocycles. The number of amides is 2. The van der Waals surface area contributed by atoms with Crippen LogP contribution in [0.2, 0.25) is 0 Å². The van der Waals surface area contributed by atoms with E-state index in [1.807, 2.05) is 0 Å². The number of carbonyl (C=O) groups is 2. The van der Waals surface area contributed by atoms with Gasteiger partial charge in [0.1, 0.15) is 6.04 Å². The van der Waals surface area contributed by atoms with Gasteiger partial charge in [-0.1, -0.05) is 0 Å². The molecule has 0 N–H and O–H groups in total. The van der Waals surface area contributed by atoms with Gasteiger partial charge in [0.05, 0.1) is 7.11 Å². The maximum absolute atomic E-state index is 13.0. The molecule has 2 amide bonds. The van der Waals surface area contributed by atoms with Gasteiger partial charge in [0.2, 0.25) is 5.91 Å². The molecule has 3 aliphatic heterocycles. The number of piperidine rings is 1. The molecule has 3 aliphatic rings. The predicted molar refractivity (Wildman–Crippen MR) is 99.2 cm³/mol. The van der Waals surface area contributed by atoms with Gasteiger partial charge in [0.15, 0.2) is 0 Å². The molecule has 3 rings (SSSR count). The van der Waals surface area contributed by atoms with E-state index in [1.165, 1.54) is 16.3 Å². The second-order valence-corrected chi connectivity index (χ2v) is 9.30. The Balaban J connectivity index is 1.64. The number of hydrogen-bond acceptors (Lipinski definition) is 5. The smallest absolute Gasteiger partial charge is 0.410 e. The monoisotopic (exact) mass is 402 g/mol. The number of carbonyl (C=O) groups excluding carboxylic acids is 2. The normalized spacial score (nSPS) is 26.0. The standard InChI is InChI=1S/C17H30N4O5S/c1-26-17(23)21-12-3-2-7-15(21)16(22)18-8-6-11-20(14-13-18)27(24,25)19-9-4-5-10-19/h15H,2-14H2,1H3. The molecule has 10 heteroatoms. The van der Waals surface area contributed by atoms with E-state index in [9.17, 15) is 18.0 Å². The summed E-state index contributed by atoms with van der Waals surface area (Å²) < 4.78 is 33.4. The lowest BCUT2D eigenvalue weighted by Gasteiger charge is -2.36. The molecular formula is C17H30N4O5S. The van der Waals surface area contributed by atoms with E-state index >= 15 is 0 Å². The van der Waals surface area contributed by atoms with Crippen molar-refractivity contribution in [2.45, 2.75) is 44.6 Å². The molecule has 0 spiro atoms. The van der Waals surface area contributed by atoms with E-state index in [1.54, 1.807) is 9.21 Å². The molecule has 1 atom stereocenters. The van der Waals surface area contributed by atoms with E-state index in [2.05, 4.69) is 0 Å². The lowest BCUT2D eigenvalue weighted by atomic mass is 10.0. The fraction of sp³-hybridized carbons (Fsp3) is 0.882. The fourth-order valence-electron chi connectivity index (χ4n) is 4.16. The first-order chi connectivity index (χ1) is 12.9. The molecule has 0 aromatic carbocycles. The van der Waals surface area contributed by atoms with Crippen LogP contribution in [-0.2, 0) is 19.7 Å². The van der Waals surface area contributed by atoms with Crippen molar-refractivity contribution in [3.63, 3.8) is 0 Å². The summed E-state index contributed by atoms with van der Waals surface area (Å²) in [5, 5.41) is 0. The van der Waals surface area contributed by atoms with Crippen LogP contribution in [0.5, 0.6) is 0 Å². The second kappa shape index (κ2) is 8.74. The van der Waals surface area contributed by atoms with Crippen LogP contribution < -0.4 is 0 Å². The summed E-state index contributed by atoms with van der Waals surface area (Å²) in [5.41, 5.74) is 0. The van der Waals surface area contributed by atoms with Gasteiger partial charge in [-0.2, -0.15) is 17.0 Å². The average molecular weight is 403 g/mol. The van der Waals surface area contributed by atoms with Crippen LogP contribution in [-0.4, -0.2) is 97.8 Å². The first-order valence-corrected chi connectivity index (χ1v) is 11.2. The highest BCUT2D eigenvalue weighted by Crippen LogP contribution is 2.22. The number of methoxy groups -OCH3 is 1.